The van der Waals surface area contributed by atoms with Gasteiger partial charge in [0.25, 0.3) is 11.8 Å². The molecule has 0 aliphatic carbocycles. The first-order chi connectivity index (χ1) is 11.0. The zero-order valence-electron chi connectivity index (χ0n) is 12.0. The van der Waals surface area contributed by atoms with Crippen molar-refractivity contribution < 1.29 is 14.4 Å². The second-order valence-corrected chi connectivity index (χ2v) is 5.32. The Balaban J connectivity index is 1.79. The maximum absolute atomic E-state index is 12.3. The Kier molecular flexibility index (Phi) is 3.79. The summed E-state index contributed by atoms with van der Waals surface area (Å²) in [6.45, 7) is 1.47. The predicted octanol–water partition coefficient (Wildman–Crippen LogP) is 1.75. The fourth-order valence-electron chi connectivity index (χ4n) is 2.29. The number of benzene rings is 1. The van der Waals surface area contributed by atoms with Gasteiger partial charge >= 0.3 is 0 Å². The van der Waals surface area contributed by atoms with Crippen molar-refractivity contribution in [2.75, 3.05) is 5.32 Å². The monoisotopic (exact) mass is 330 g/mol. The smallest absolute Gasteiger partial charge is 0.262 e. The first-order valence-corrected chi connectivity index (χ1v) is 7.14. The SMILES string of the molecule is CC(C(=O)Nc1ccc(Cl)nn1)N1C(=O)c2ccccc2C1=O. The number of hydrogen-bond acceptors (Lipinski definition) is 5. The predicted molar refractivity (Wildman–Crippen MR) is 82.1 cm³/mol. The average Bonchev–Trinajstić information content (AvgIpc) is 2.81. The van der Waals surface area contributed by atoms with Gasteiger partial charge in [-0.25, -0.2) is 0 Å². The highest BCUT2D eigenvalue weighted by atomic mass is 35.5. The summed E-state index contributed by atoms with van der Waals surface area (Å²) in [6, 6.07) is 8.41. The van der Waals surface area contributed by atoms with Gasteiger partial charge in [-0.15, -0.1) is 10.2 Å². The third kappa shape index (κ3) is 2.66. The molecule has 0 saturated heterocycles. The van der Waals surface area contributed by atoms with Gasteiger partial charge in [0, 0.05) is 0 Å². The van der Waals surface area contributed by atoms with Crippen LogP contribution in [-0.4, -0.2) is 38.9 Å². The van der Waals surface area contributed by atoms with Crippen LogP contribution in [0.3, 0.4) is 0 Å². The van der Waals surface area contributed by atoms with Gasteiger partial charge in [0.15, 0.2) is 11.0 Å². The number of halogens is 1. The number of hydrogen-bond donors (Lipinski definition) is 1. The molecule has 7 nitrogen and oxygen atoms in total. The summed E-state index contributed by atoms with van der Waals surface area (Å²) < 4.78 is 0. The normalized spacial score (nSPS) is 14.6. The molecule has 23 heavy (non-hydrogen) atoms. The molecule has 3 rings (SSSR count). The molecule has 1 N–H and O–H groups in total. The van der Waals surface area contributed by atoms with E-state index in [0.717, 1.165) is 4.90 Å². The molecule has 0 bridgehead atoms. The number of nitrogens with one attached hydrogen (secondary N) is 1. The maximum Gasteiger partial charge on any atom is 0.262 e. The van der Waals surface area contributed by atoms with E-state index in [1.165, 1.54) is 19.1 Å². The van der Waals surface area contributed by atoms with Crippen LogP contribution < -0.4 is 5.32 Å². The first kappa shape index (κ1) is 15.1. The van der Waals surface area contributed by atoms with E-state index >= 15 is 0 Å². The van der Waals surface area contributed by atoms with Crippen LogP contribution in [0, 0.1) is 0 Å². The Morgan fingerprint density at radius 3 is 2.22 bits per heavy atom. The van der Waals surface area contributed by atoms with Crippen molar-refractivity contribution in [3.8, 4) is 0 Å². The molecule has 0 fully saturated rings. The van der Waals surface area contributed by atoms with Crippen molar-refractivity contribution in [3.63, 3.8) is 0 Å². The van der Waals surface area contributed by atoms with Gasteiger partial charge < -0.3 is 5.32 Å². The van der Waals surface area contributed by atoms with Gasteiger partial charge in [-0.05, 0) is 31.2 Å². The Morgan fingerprint density at radius 1 is 1.09 bits per heavy atom. The summed E-state index contributed by atoms with van der Waals surface area (Å²) in [7, 11) is 0. The van der Waals surface area contributed by atoms with Gasteiger partial charge in [0.2, 0.25) is 5.91 Å². The zero-order chi connectivity index (χ0) is 16.6. The highest BCUT2D eigenvalue weighted by Crippen LogP contribution is 2.24. The molecular formula is C15H11ClN4O3. The molecule has 1 aromatic heterocycles. The number of imide groups is 1. The van der Waals surface area contributed by atoms with Crippen molar-refractivity contribution in [2.24, 2.45) is 0 Å². The minimum absolute atomic E-state index is 0.183. The summed E-state index contributed by atoms with van der Waals surface area (Å²) in [4.78, 5) is 37.9. The molecule has 3 amide bonds. The molecule has 1 unspecified atom stereocenters. The third-order valence-electron chi connectivity index (χ3n) is 3.48. The molecule has 1 atom stereocenters. The Labute approximate surface area is 136 Å². The van der Waals surface area contributed by atoms with Crippen LogP contribution in [0.1, 0.15) is 27.6 Å². The fraction of sp³-hybridized carbons (Fsp3) is 0.133. The second-order valence-electron chi connectivity index (χ2n) is 4.93. The van der Waals surface area contributed by atoms with Crippen LogP contribution in [0.15, 0.2) is 36.4 Å². The van der Waals surface area contributed by atoms with Crippen molar-refractivity contribution in [2.45, 2.75) is 13.0 Å². The number of amides is 3. The highest BCUT2D eigenvalue weighted by molar-refractivity contribution is 6.29. The van der Waals surface area contributed by atoms with Gasteiger partial charge in [-0.3, -0.25) is 19.3 Å². The highest BCUT2D eigenvalue weighted by Gasteiger charge is 2.40. The van der Waals surface area contributed by atoms with Crippen LogP contribution in [0.25, 0.3) is 0 Å². The van der Waals surface area contributed by atoms with E-state index in [2.05, 4.69) is 15.5 Å². The van der Waals surface area contributed by atoms with Crippen molar-refractivity contribution in [1.82, 2.24) is 15.1 Å². The lowest BCUT2D eigenvalue weighted by Gasteiger charge is -2.21. The Bertz CT molecular complexity index is 772. The molecule has 2 heterocycles. The molecule has 0 spiro atoms. The molecular weight excluding hydrogens is 320 g/mol. The topological polar surface area (TPSA) is 92.3 Å². The van der Waals surface area contributed by atoms with Gasteiger partial charge in [0.1, 0.15) is 6.04 Å². The molecule has 1 aromatic carbocycles. The molecule has 1 aliphatic rings. The number of anilines is 1. The van der Waals surface area contributed by atoms with Crippen LogP contribution in [-0.2, 0) is 4.79 Å². The summed E-state index contributed by atoms with van der Waals surface area (Å²) in [5.74, 6) is -1.34. The third-order valence-corrected chi connectivity index (χ3v) is 3.68. The summed E-state index contributed by atoms with van der Waals surface area (Å²) in [5.41, 5.74) is 0.590. The molecule has 1 aliphatic heterocycles. The van der Waals surface area contributed by atoms with E-state index in [9.17, 15) is 14.4 Å². The molecule has 0 saturated carbocycles. The van der Waals surface area contributed by atoms with E-state index in [1.807, 2.05) is 0 Å². The minimum atomic E-state index is -0.986. The van der Waals surface area contributed by atoms with Gasteiger partial charge in [0.05, 0.1) is 11.1 Å². The molecule has 0 radical (unpaired) electrons. The number of carbonyl (C=O) groups is 3. The number of carbonyl (C=O) groups excluding carboxylic acids is 3. The Morgan fingerprint density at radius 2 is 1.70 bits per heavy atom. The summed E-state index contributed by atoms with van der Waals surface area (Å²) in [5, 5.41) is 9.99. The van der Waals surface area contributed by atoms with E-state index < -0.39 is 23.8 Å². The van der Waals surface area contributed by atoms with Crippen LogP contribution in [0.5, 0.6) is 0 Å². The van der Waals surface area contributed by atoms with Gasteiger partial charge in [-0.2, -0.15) is 0 Å². The number of rotatable bonds is 3. The molecule has 116 valence electrons. The van der Waals surface area contributed by atoms with E-state index in [0.29, 0.717) is 11.1 Å². The van der Waals surface area contributed by atoms with Gasteiger partial charge in [-0.1, -0.05) is 23.7 Å². The Hall–Kier alpha value is -2.80. The van der Waals surface area contributed by atoms with Crippen molar-refractivity contribution >= 4 is 35.1 Å². The fourth-order valence-corrected chi connectivity index (χ4v) is 2.39. The summed E-state index contributed by atoms with van der Waals surface area (Å²) in [6.07, 6.45) is 0. The van der Waals surface area contributed by atoms with Crippen LogP contribution in [0.2, 0.25) is 5.15 Å². The zero-order valence-corrected chi connectivity index (χ0v) is 12.7. The number of aromatic nitrogens is 2. The van der Waals surface area contributed by atoms with Crippen LogP contribution >= 0.6 is 11.6 Å². The number of fused-ring (bicyclic) bond motifs is 1. The standard InChI is InChI=1S/C15H11ClN4O3/c1-8(13(21)17-12-7-6-11(16)18-19-12)20-14(22)9-4-2-3-5-10(9)15(20)23/h2-8H,1H3,(H,17,19,21). The largest absolute Gasteiger partial charge is 0.307 e. The lowest BCUT2D eigenvalue weighted by molar-refractivity contribution is -0.119. The lowest BCUT2D eigenvalue weighted by atomic mass is 10.1. The van der Waals surface area contributed by atoms with E-state index in [-0.39, 0.29) is 11.0 Å². The minimum Gasteiger partial charge on any atom is -0.307 e. The summed E-state index contributed by atoms with van der Waals surface area (Å²) >= 11 is 5.62. The van der Waals surface area contributed by atoms with E-state index in [4.69, 9.17) is 11.6 Å². The number of nitrogens with zero attached hydrogens (tertiary/aromatic N) is 3. The maximum atomic E-state index is 12.3. The average molecular weight is 331 g/mol. The first-order valence-electron chi connectivity index (χ1n) is 6.76. The second kappa shape index (κ2) is 5.77. The lowest BCUT2D eigenvalue weighted by Crippen LogP contribution is -2.45. The van der Waals surface area contributed by atoms with Crippen molar-refractivity contribution in [3.05, 3.63) is 52.7 Å². The van der Waals surface area contributed by atoms with E-state index in [1.54, 1.807) is 24.3 Å². The molecule has 2 aromatic rings. The van der Waals surface area contributed by atoms with Crippen molar-refractivity contribution in [1.29, 1.82) is 0 Å². The molecule has 8 heteroatoms. The quantitative estimate of drug-likeness (QED) is 0.866. The van der Waals surface area contributed by atoms with Crippen LogP contribution in [0.4, 0.5) is 5.82 Å².